The second-order valence-electron chi connectivity index (χ2n) is 4.69. The SMILES string of the molecule is CCNC(Cc1ccc(F)cc1F)c1cccc(F)c1Cl. The van der Waals surface area contributed by atoms with Crippen molar-refractivity contribution >= 4 is 11.6 Å². The highest BCUT2D eigenvalue weighted by Crippen LogP contribution is 2.28. The minimum atomic E-state index is -0.625. The molecule has 0 bridgehead atoms. The fourth-order valence-electron chi connectivity index (χ4n) is 2.24. The van der Waals surface area contributed by atoms with E-state index >= 15 is 0 Å². The first-order valence-electron chi connectivity index (χ1n) is 6.64. The van der Waals surface area contributed by atoms with Crippen LogP contribution in [0.3, 0.4) is 0 Å². The normalized spacial score (nSPS) is 12.4. The maximum absolute atomic E-state index is 13.8. The van der Waals surface area contributed by atoms with Crippen molar-refractivity contribution < 1.29 is 13.2 Å². The van der Waals surface area contributed by atoms with Gasteiger partial charge in [0.25, 0.3) is 0 Å². The van der Waals surface area contributed by atoms with Gasteiger partial charge in [0.15, 0.2) is 0 Å². The van der Waals surface area contributed by atoms with Crippen molar-refractivity contribution in [3.05, 3.63) is 70.0 Å². The van der Waals surface area contributed by atoms with Crippen LogP contribution < -0.4 is 5.32 Å². The van der Waals surface area contributed by atoms with Crippen molar-refractivity contribution in [2.45, 2.75) is 19.4 Å². The molecule has 1 unspecified atom stereocenters. The lowest BCUT2D eigenvalue weighted by Crippen LogP contribution is -2.24. The van der Waals surface area contributed by atoms with Gasteiger partial charge in [-0.25, -0.2) is 13.2 Å². The average molecular weight is 314 g/mol. The molecule has 0 aliphatic carbocycles. The van der Waals surface area contributed by atoms with Gasteiger partial charge in [-0.05, 0) is 36.2 Å². The van der Waals surface area contributed by atoms with Crippen LogP contribution in [0.4, 0.5) is 13.2 Å². The Kier molecular flexibility index (Phi) is 5.26. The summed E-state index contributed by atoms with van der Waals surface area (Å²) in [7, 11) is 0. The summed E-state index contributed by atoms with van der Waals surface area (Å²) in [6.45, 7) is 2.50. The van der Waals surface area contributed by atoms with E-state index < -0.39 is 17.5 Å². The quantitative estimate of drug-likeness (QED) is 0.847. The van der Waals surface area contributed by atoms with Gasteiger partial charge in [0.1, 0.15) is 17.5 Å². The van der Waals surface area contributed by atoms with E-state index in [1.54, 1.807) is 12.1 Å². The molecular weight excluding hydrogens is 299 g/mol. The Labute approximate surface area is 126 Å². The second-order valence-corrected chi connectivity index (χ2v) is 5.07. The van der Waals surface area contributed by atoms with E-state index in [4.69, 9.17) is 11.6 Å². The Hall–Kier alpha value is -1.52. The molecule has 0 saturated heterocycles. The van der Waals surface area contributed by atoms with Gasteiger partial charge in [0.2, 0.25) is 0 Å². The van der Waals surface area contributed by atoms with Crippen LogP contribution >= 0.6 is 11.6 Å². The molecule has 2 rings (SSSR count). The van der Waals surface area contributed by atoms with Crippen LogP contribution in [0, 0.1) is 17.5 Å². The molecule has 0 saturated carbocycles. The first-order valence-corrected chi connectivity index (χ1v) is 7.02. The van der Waals surface area contributed by atoms with E-state index in [0.29, 0.717) is 17.7 Å². The number of benzene rings is 2. The molecule has 112 valence electrons. The number of halogens is 4. The minimum Gasteiger partial charge on any atom is -0.310 e. The largest absolute Gasteiger partial charge is 0.310 e. The molecule has 1 N–H and O–H groups in total. The van der Waals surface area contributed by atoms with Gasteiger partial charge in [-0.3, -0.25) is 0 Å². The molecule has 0 radical (unpaired) electrons. The van der Waals surface area contributed by atoms with Crippen LogP contribution in [0.1, 0.15) is 24.1 Å². The van der Waals surface area contributed by atoms with Gasteiger partial charge in [-0.15, -0.1) is 0 Å². The van der Waals surface area contributed by atoms with Crippen molar-refractivity contribution in [3.8, 4) is 0 Å². The standard InChI is InChI=1S/C16H15ClF3N/c1-2-21-15(12-4-3-5-13(19)16(12)17)8-10-6-7-11(18)9-14(10)20/h3-7,9,15,21H,2,8H2,1H3. The third-order valence-corrected chi connectivity index (χ3v) is 3.65. The van der Waals surface area contributed by atoms with E-state index in [2.05, 4.69) is 5.32 Å². The van der Waals surface area contributed by atoms with Crippen LogP contribution in [-0.4, -0.2) is 6.54 Å². The van der Waals surface area contributed by atoms with Gasteiger partial charge in [-0.1, -0.05) is 36.7 Å². The molecule has 0 heterocycles. The van der Waals surface area contributed by atoms with Crippen LogP contribution in [0.5, 0.6) is 0 Å². The molecule has 0 fully saturated rings. The molecule has 0 aliphatic rings. The zero-order valence-corrected chi connectivity index (χ0v) is 12.2. The van der Waals surface area contributed by atoms with Crippen molar-refractivity contribution in [1.29, 1.82) is 0 Å². The number of likely N-dealkylation sites (N-methyl/N-ethyl adjacent to an activating group) is 1. The molecule has 0 aromatic heterocycles. The van der Waals surface area contributed by atoms with Crippen LogP contribution in [0.2, 0.25) is 5.02 Å². The van der Waals surface area contributed by atoms with Gasteiger partial charge >= 0.3 is 0 Å². The summed E-state index contributed by atoms with van der Waals surface area (Å²) in [6, 6.07) is 7.61. The highest BCUT2D eigenvalue weighted by molar-refractivity contribution is 6.31. The van der Waals surface area contributed by atoms with E-state index in [1.165, 1.54) is 18.2 Å². The Bertz CT molecular complexity index is 631. The third-order valence-electron chi connectivity index (χ3n) is 3.25. The Morgan fingerprint density at radius 2 is 1.86 bits per heavy atom. The molecule has 0 amide bonds. The lowest BCUT2D eigenvalue weighted by Gasteiger charge is -2.20. The zero-order chi connectivity index (χ0) is 15.4. The summed E-state index contributed by atoms with van der Waals surface area (Å²) in [4.78, 5) is 0. The lowest BCUT2D eigenvalue weighted by atomic mass is 9.98. The Morgan fingerprint density at radius 1 is 1.10 bits per heavy atom. The van der Waals surface area contributed by atoms with Crippen molar-refractivity contribution in [2.75, 3.05) is 6.54 Å². The summed E-state index contributed by atoms with van der Waals surface area (Å²) in [5.41, 5.74) is 0.907. The first kappa shape index (κ1) is 15.9. The van der Waals surface area contributed by atoms with Crippen molar-refractivity contribution in [3.63, 3.8) is 0 Å². The van der Waals surface area contributed by atoms with Gasteiger partial charge in [-0.2, -0.15) is 0 Å². The Balaban J connectivity index is 2.33. The number of nitrogens with one attached hydrogen (secondary N) is 1. The van der Waals surface area contributed by atoms with Crippen LogP contribution in [-0.2, 0) is 6.42 Å². The molecule has 2 aromatic rings. The monoisotopic (exact) mass is 313 g/mol. The van der Waals surface area contributed by atoms with Crippen molar-refractivity contribution in [1.82, 2.24) is 5.32 Å². The summed E-state index contributed by atoms with van der Waals surface area (Å²) >= 11 is 5.99. The van der Waals surface area contributed by atoms with Gasteiger partial charge in [0.05, 0.1) is 5.02 Å². The first-order chi connectivity index (χ1) is 10.0. The average Bonchev–Trinajstić information content (AvgIpc) is 2.44. The highest BCUT2D eigenvalue weighted by Gasteiger charge is 2.18. The molecule has 2 aromatic carbocycles. The Morgan fingerprint density at radius 3 is 2.52 bits per heavy atom. The van der Waals surface area contributed by atoms with E-state index in [-0.39, 0.29) is 17.5 Å². The summed E-state index contributed by atoms with van der Waals surface area (Å²) < 4.78 is 40.3. The molecule has 1 nitrogen and oxygen atoms in total. The highest BCUT2D eigenvalue weighted by atomic mass is 35.5. The van der Waals surface area contributed by atoms with E-state index in [9.17, 15) is 13.2 Å². The summed E-state index contributed by atoms with van der Waals surface area (Å²) in [6.07, 6.45) is 0.253. The number of hydrogen-bond donors (Lipinski definition) is 1. The molecule has 0 aliphatic heterocycles. The maximum Gasteiger partial charge on any atom is 0.142 e. The second kappa shape index (κ2) is 6.96. The maximum atomic E-state index is 13.8. The molecular formula is C16H15ClF3N. The molecule has 5 heteroatoms. The summed E-state index contributed by atoms with van der Waals surface area (Å²) in [5.74, 6) is -1.76. The minimum absolute atomic E-state index is 0.0194. The van der Waals surface area contributed by atoms with Gasteiger partial charge in [0, 0.05) is 12.1 Å². The van der Waals surface area contributed by atoms with Crippen LogP contribution in [0.15, 0.2) is 36.4 Å². The molecule has 0 spiro atoms. The van der Waals surface area contributed by atoms with E-state index in [1.807, 2.05) is 6.92 Å². The van der Waals surface area contributed by atoms with Crippen LogP contribution in [0.25, 0.3) is 0 Å². The van der Waals surface area contributed by atoms with Gasteiger partial charge < -0.3 is 5.32 Å². The fourth-order valence-corrected chi connectivity index (χ4v) is 2.49. The van der Waals surface area contributed by atoms with E-state index in [0.717, 1.165) is 6.07 Å². The zero-order valence-electron chi connectivity index (χ0n) is 11.5. The lowest BCUT2D eigenvalue weighted by molar-refractivity contribution is 0.518. The fraction of sp³-hybridized carbons (Fsp3) is 0.250. The number of hydrogen-bond acceptors (Lipinski definition) is 1. The molecule has 1 atom stereocenters. The predicted molar refractivity (Wildman–Crippen MR) is 77.9 cm³/mol. The summed E-state index contributed by atoms with van der Waals surface area (Å²) in [5, 5.41) is 3.17. The smallest absolute Gasteiger partial charge is 0.142 e. The third kappa shape index (κ3) is 3.77. The molecule has 21 heavy (non-hydrogen) atoms. The van der Waals surface area contributed by atoms with Crippen molar-refractivity contribution in [2.24, 2.45) is 0 Å². The number of rotatable bonds is 5. The topological polar surface area (TPSA) is 12.0 Å². The predicted octanol–water partition coefficient (Wildman–Crippen LogP) is 4.65.